The monoisotopic (exact) mass is 518 g/mol. The summed E-state index contributed by atoms with van der Waals surface area (Å²) in [6.07, 6.45) is 1.64. The van der Waals surface area contributed by atoms with Crippen LogP contribution >= 0.6 is 45.2 Å². The van der Waals surface area contributed by atoms with Crippen LogP contribution in [0.3, 0.4) is 0 Å². The Kier molecular flexibility index (Phi) is 5.36. The van der Waals surface area contributed by atoms with Crippen LogP contribution in [-0.2, 0) is 0 Å². The number of rotatable bonds is 3. The van der Waals surface area contributed by atoms with Crippen molar-refractivity contribution in [2.75, 3.05) is 0 Å². The number of phenols is 1. The molecule has 0 aromatic heterocycles. The van der Waals surface area contributed by atoms with Gasteiger partial charge in [0.05, 0.1) is 23.7 Å². The number of nitro benzene ring substituents is 1. The van der Waals surface area contributed by atoms with Crippen molar-refractivity contribution in [1.29, 1.82) is 5.26 Å². The summed E-state index contributed by atoms with van der Waals surface area (Å²) in [5.74, 6) is 0.201. The van der Waals surface area contributed by atoms with E-state index in [-0.39, 0.29) is 11.4 Å². The van der Waals surface area contributed by atoms with E-state index in [0.717, 1.165) is 5.56 Å². The third kappa shape index (κ3) is 3.75. The van der Waals surface area contributed by atoms with Crippen molar-refractivity contribution in [1.82, 2.24) is 0 Å². The summed E-state index contributed by atoms with van der Waals surface area (Å²) < 4.78 is 1.35. The highest BCUT2D eigenvalue weighted by Crippen LogP contribution is 2.29. The summed E-state index contributed by atoms with van der Waals surface area (Å²) in [5, 5.41) is 29.9. The molecule has 0 aliphatic rings. The Bertz CT molecular complexity index is 803. The molecular formula is C15H8I2N2O3. The molecule has 0 fully saturated rings. The van der Waals surface area contributed by atoms with Gasteiger partial charge in [-0.2, -0.15) is 5.26 Å². The zero-order valence-corrected chi connectivity index (χ0v) is 15.3. The molecule has 0 saturated carbocycles. The third-order valence-corrected chi connectivity index (χ3v) is 4.48. The Labute approximate surface area is 153 Å². The molecule has 1 N–H and O–H groups in total. The minimum Gasteiger partial charge on any atom is -0.506 e. The van der Waals surface area contributed by atoms with Gasteiger partial charge in [0.15, 0.2) is 0 Å². The number of halogens is 2. The van der Waals surface area contributed by atoms with Crippen LogP contribution in [0.4, 0.5) is 5.69 Å². The lowest BCUT2D eigenvalue weighted by Crippen LogP contribution is -1.90. The van der Waals surface area contributed by atoms with Crippen LogP contribution in [0, 0.1) is 28.6 Å². The van der Waals surface area contributed by atoms with E-state index in [2.05, 4.69) is 6.07 Å². The van der Waals surface area contributed by atoms with Crippen molar-refractivity contribution < 1.29 is 10.0 Å². The van der Waals surface area contributed by atoms with Gasteiger partial charge in [-0.3, -0.25) is 10.1 Å². The number of non-ortho nitro benzene ring substituents is 1. The number of aromatic hydroxyl groups is 1. The Morgan fingerprint density at radius 2 is 1.91 bits per heavy atom. The second kappa shape index (κ2) is 7.06. The van der Waals surface area contributed by atoms with Gasteiger partial charge < -0.3 is 5.11 Å². The number of hydrogen-bond donors (Lipinski definition) is 1. The van der Waals surface area contributed by atoms with E-state index in [4.69, 9.17) is 0 Å². The molecule has 0 radical (unpaired) electrons. The minimum absolute atomic E-state index is 0.0616. The van der Waals surface area contributed by atoms with Crippen molar-refractivity contribution in [3.05, 3.63) is 64.8 Å². The van der Waals surface area contributed by atoms with Gasteiger partial charge in [-0.05, 0) is 74.5 Å². The fourth-order valence-corrected chi connectivity index (χ4v) is 3.62. The lowest BCUT2D eigenvalue weighted by atomic mass is 10.0. The van der Waals surface area contributed by atoms with E-state index in [1.807, 2.05) is 45.2 Å². The van der Waals surface area contributed by atoms with E-state index < -0.39 is 4.92 Å². The number of nitrogens with zero attached hydrogens (tertiary/aromatic N) is 2. The first-order chi connectivity index (χ1) is 10.4. The van der Waals surface area contributed by atoms with Gasteiger partial charge in [0.2, 0.25) is 0 Å². The number of phenolic OH excluding ortho intramolecular Hbond substituents is 1. The number of allylic oxidation sites excluding steroid dienone is 1. The zero-order chi connectivity index (χ0) is 16.3. The summed E-state index contributed by atoms with van der Waals surface area (Å²) in [5.41, 5.74) is 1.49. The quantitative estimate of drug-likeness (QED) is 0.212. The zero-order valence-electron chi connectivity index (χ0n) is 11.0. The summed E-state index contributed by atoms with van der Waals surface area (Å²) in [6, 6.07) is 11.5. The summed E-state index contributed by atoms with van der Waals surface area (Å²) >= 11 is 4.01. The molecule has 0 aliphatic heterocycles. The van der Waals surface area contributed by atoms with Crippen LogP contribution in [0.5, 0.6) is 5.75 Å². The van der Waals surface area contributed by atoms with Crippen LogP contribution in [0.25, 0.3) is 11.6 Å². The highest BCUT2D eigenvalue weighted by molar-refractivity contribution is 14.1. The Morgan fingerprint density at radius 1 is 1.27 bits per heavy atom. The van der Waals surface area contributed by atoms with Gasteiger partial charge >= 0.3 is 0 Å². The summed E-state index contributed by atoms with van der Waals surface area (Å²) in [4.78, 5) is 10.3. The van der Waals surface area contributed by atoms with E-state index in [1.54, 1.807) is 30.3 Å². The third-order valence-electron chi connectivity index (χ3n) is 2.84. The average Bonchev–Trinajstić information content (AvgIpc) is 2.50. The number of nitriles is 1. The van der Waals surface area contributed by atoms with Crippen LogP contribution in [0.15, 0.2) is 36.4 Å². The molecule has 2 aromatic rings. The predicted molar refractivity (Wildman–Crippen MR) is 100 cm³/mol. The SMILES string of the molecule is N#C/C(=C/c1cc(I)c(O)c(I)c1)c1cccc([N+](=O)[O-])c1. The number of nitro groups is 1. The molecule has 0 amide bonds. The molecule has 0 atom stereocenters. The first-order valence-electron chi connectivity index (χ1n) is 5.97. The lowest BCUT2D eigenvalue weighted by Gasteiger charge is -2.04. The second-order valence-corrected chi connectivity index (χ2v) is 6.63. The fraction of sp³-hybridized carbons (Fsp3) is 0. The maximum atomic E-state index is 10.8. The molecule has 0 saturated heterocycles. The Hall–Kier alpha value is -1.67. The van der Waals surface area contributed by atoms with E-state index in [0.29, 0.717) is 18.3 Å². The predicted octanol–water partition coefficient (Wildman–Crippen LogP) is 4.57. The molecule has 5 nitrogen and oxygen atoms in total. The largest absolute Gasteiger partial charge is 0.506 e. The molecule has 0 aliphatic carbocycles. The molecule has 7 heteroatoms. The molecule has 22 heavy (non-hydrogen) atoms. The molecule has 0 spiro atoms. The van der Waals surface area contributed by atoms with Gasteiger partial charge in [-0.25, -0.2) is 0 Å². The fourth-order valence-electron chi connectivity index (χ4n) is 1.80. The maximum Gasteiger partial charge on any atom is 0.270 e. The molecule has 0 bridgehead atoms. The topological polar surface area (TPSA) is 87.2 Å². The lowest BCUT2D eigenvalue weighted by molar-refractivity contribution is -0.384. The summed E-state index contributed by atoms with van der Waals surface area (Å²) in [6.45, 7) is 0. The first-order valence-corrected chi connectivity index (χ1v) is 8.12. The van der Waals surface area contributed by atoms with Gasteiger partial charge in [0.1, 0.15) is 5.75 Å². The van der Waals surface area contributed by atoms with E-state index in [9.17, 15) is 20.5 Å². The van der Waals surface area contributed by atoms with Crippen LogP contribution < -0.4 is 0 Å². The Balaban J connectivity index is 2.51. The van der Waals surface area contributed by atoms with Gasteiger partial charge in [-0.15, -0.1) is 0 Å². The van der Waals surface area contributed by atoms with E-state index in [1.165, 1.54) is 12.1 Å². The molecular weight excluding hydrogens is 510 g/mol. The van der Waals surface area contributed by atoms with Crippen LogP contribution in [0.2, 0.25) is 0 Å². The summed E-state index contributed by atoms with van der Waals surface area (Å²) in [7, 11) is 0. The minimum atomic E-state index is -0.495. The van der Waals surface area contributed by atoms with Crippen molar-refractivity contribution >= 4 is 62.5 Å². The first kappa shape index (κ1) is 16.7. The van der Waals surface area contributed by atoms with Crippen LogP contribution in [0.1, 0.15) is 11.1 Å². The highest BCUT2D eigenvalue weighted by Gasteiger charge is 2.10. The number of benzene rings is 2. The van der Waals surface area contributed by atoms with E-state index >= 15 is 0 Å². The molecule has 0 unspecified atom stereocenters. The maximum absolute atomic E-state index is 10.8. The van der Waals surface area contributed by atoms with Gasteiger partial charge in [0, 0.05) is 12.1 Å². The molecule has 0 heterocycles. The molecule has 110 valence electrons. The highest BCUT2D eigenvalue weighted by atomic mass is 127. The van der Waals surface area contributed by atoms with Crippen LogP contribution in [-0.4, -0.2) is 10.0 Å². The smallest absolute Gasteiger partial charge is 0.270 e. The normalized spacial score (nSPS) is 11.0. The standard InChI is InChI=1S/C15H8I2N2O3/c16-13-5-9(6-14(17)15(13)20)4-11(8-18)10-2-1-3-12(7-10)19(21)22/h1-7,20H/b11-4-. The molecule has 2 aromatic carbocycles. The van der Waals surface area contributed by atoms with Gasteiger partial charge in [-0.1, -0.05) is 12.1 Å². The average molecular weight is 518 g/mol. The van der Waals surface area contributed by atoms with Crippen molar-refractivity contribution in [3.63, 3.8) is 0 Å². The van der Waals surface area contributed by atoms with Gasteiger partial charge in [0.25, 0.3) is 5.69 Å². The number of hydrogen-bond acceptors (Lipinski definition) is 4. The van der Waals surface area contributed by atoms with Crippen molar-refractivity contribution in [2.24, 2.45) is 0 Å². The molecule has 2 rings (SSSR count). The van der Waals surface area contributed by atoms with Crippen molar-refractivity contribution in [2.45, 2.75) is 0 Å². The van der Waals surface area contributed by atoms with Crippen molar-refractivity contribution in [3.8, 4) is 11.8 Å². The Morgan fingerprint density at radius 3 is 2.45 bits per heavy atom. The second-order valence-electron chi connectivity index (χ2n) is 4.31.